The summed E-state index contributed by atoms with van der Waals surface area (Å²) in [7, 11) is 6.65. The van der Waals surface area contributed by atoms with Crippen molar-refractivity contribution in [1.29, 1.82) is 0 Å². The van der Waals surface area contributed by atoms with Crippen molar-refractivity contribution in [3.05, 3.63) is 59.7 Å². The summed E-state index contributed by atoms with van der Waals surface area (Å²) in [4.78, 5) is 2.16. The Morgan fingerprint density at radius 3 is 2.67 bits per heavy atom. The van der Waals surface area contributed by atoms with Crippen LogP contribution in [-0.4, -0.2) is 57.5 Å². The first kappa shape index (κ1) is 25.0. The van der Waals surface area contributed by atoms with E-state index in [0.29, 0.717) is 6.61 Å². The van der Waals surface area contributed by atoms with Crippen molar-refractivity contribution in [2.75, 3.05) is 46.5 Å². The fourth-order valence-electron chi connectivity index (χ4n) is 3.07. The Bertz CT molecular complexity index is 729. The van der Waals surface area contributed by atoms with Crippen LogP contribution in [0.4, 0.5) is 0 Å². The van der Waals surface area contributed by atoms with Crippen molar-refractivity contribution in [2.24, 2.45) is 0 Å². The van der Waals surface area contributed by atoms with Gasteiger partial charge in [-0.05, 0) is 76.2 Å². The maximum absolute atomic E-state index is 6.23. The first-order valence-electron chi connectivity index (χ1n) is 10.6. The molecule has 166 valence electrons. The van der Waals surface area contributed by atoms with E-state index < -0.39 is 0 Å². The van der Waals surface area contributed by atoms with E-state index in [1.54, 1.807) is 7.11 Å². The maximum atomic E-state index is 6.23. The monoisotopic (exact) mass is 449 g/mol. The van der Waals surface area contributed by atoms with E-state index in [9.17, 15) is 0 Å². The summed E-state index contributed by atoms with van der Waals surface area (Å²) in [5, 5.41) is 0. The number of benzene rings is 2. The van der Waals surface area contributed by atoms with E-state index in [1.165, 1.54) is 23.3 Å². The number of nitrogens with zero attached hydrogens (tertiary/aromatic N) is 1. The Morgan fingerprint density at radius 1 is 1.07 bits per heavy atom. The van der Waals surface area contributed by atoms with Crippen LogP contribution in [0, 0.1) is 0 Å². The molecule has 0 fully saturated rings. The van der Waals surface area contributed by atoms with Crippen molar-refractivity contribution in [1.82, 2.24) is 4.90 Å². The van der Waals surface area contributed by atoms with E-state index in [2.05, 4.69) is 56.3 Å². The Kier molecular flexibility index (Phi) is 12.2. The Morgan fingerprint density at radius 2 is 1.90 bits per heavy atom. The van der Waals surface area contributed by atoms with E-state index >= 15 is 0 Å². The molecule has 2 unspecified atom stereocenters. The Labute approximate surface area is 188 Å². The van der Waals surface area contributed by atoms with Gasteiger partial charge in [-0.15, -0.1) is 11.4 Å². The van der Waals surface area contributed by atoms with E-state index in [0.717, 1.165) is 45.0 Å². The van der Waals surface area contributed by atoms with Crippen LogP contribution in [0.1, 0.15) is 24.5 Å². The highest BCUT2D eigenvalue weighted by atomic mass is 32.7. The highest BCUT2D eigenvalue weighted by molar-refractivity contribution is 8.49. The van der Waals surface area contributed by atoms with Gasteiger partial charge in [-0.3, -0.25) is 0 Å². The van der Waals surface area contributed by atoms with Gasteiger partial charge in [-0.25, -0.2) is 0 Å². The van der Waals surface area contributed by atoms with Gasteiger partial charge in [0.2, 0.25) is 0 Å². The van der Waals surface area contributed by atoms with Crippen molar-refractivity contribution in [3.8, 4) is 11.5 Å². The Hall–Kier alpha value is -1.26. The first-order valence-corrected chi connectivity index (χ1v) is 13.5. The summed E-state index contributed by atoms with van der Waals surface area (Å²) in [6.07, 6.45) is 3.96. The molecule has 0 N–H and O–H groups in total. The predicted molar refractivity (Wildman–Crippen MR) is 132 cm³/mol. The van der Waals surface area contributed by atoms with Gasteiger partial charge in [0, 0.05) is 6.54 Å². The van der Waals surface area contributed by atoms with Gasteiger partial charge in [0.05, 0.1) is 13.5 Å². The minimum absolute atomic E-state index is 0.0705. The largest absolute Gasteiger partial charge is 0.497 e. The van der Waals surface area contributed by atoms with Gasteiger partial charge in [0.25, 0.3) is 0 Å². The molecule has 2 aromatic rings. The topological polar surface area (TPSA) is 30.9 Å². The van der Waals surface area contributed by atoms with Gasteiger partial charge in [0.1, 0.15) is 24.2 Å². The van der Waals surface area contributed by atoms with Gasteiger partial charge >= 0.3 is 0 Å². The normalized spacial score (nSPS) is 12.6. The number of ether oxygens (including phenoxy) is 3. The summed E-state index contributed by atoms with van der Waals surface area (Å²) in [6.45, 7) is 3.64. The molecule has 0 aliphatic heterocycles. The second-order valence-electron chi connectivity index (χ2n) is 7.46. The third-order valence-corrected chi connectivity index (χ3v) is 7.25. The minimum Gasteiger partial charge on any atom is -0.497 e. The van der Waals surface area contributed by atoms with Crippen molar-refractivity contribution in [2.45, 2.75) is 32.3 Å². The van der Waals surface area contributed by atoms with E-state index in [4.69, 9.17) is 14.2 Å². The number of hydrogen-bond donors (Lipinski definition) is 0. The first-order chi connectivity index (χ1) is 14.6. The standard InChI is InChI=1S/C24H36NO3PS/c1-5-15-30-29-19-28-23(17-25(2)3)18-27-24-12-7-6-10-21(24)14-13-20-9-8-11-22(16-20)26-4/h6-12,16,23,29H,5,13-15,17-19H2,1-4H3. The second kappa shape index (κ2) is 14.7. The van der Waals surface area contributed by atoms with Crippen LogP contribution < -0.4 is 9.47 Å². The van der Waals surface area contributed by atoms with Crippen molar-refractivity contribution < 1.29 is 14.2 Å². The molecule has 0 saturated heterocycles. The van der Waals surface area contributed by atoms with Crippen LogP contribution in [0.25, 0.3) is 0 Å². The third-order valence-electron chi connectivity index (χ3n) is 4.57. The second-order valence-corrected chi connectivity index (χ2v) is 10.5. The SMILES string of the molecule is CCCSPCOC(COc1ccccc1CCc1cccc(OC)c1)CN(C)C. The summed E-state index contributed by atoms with van der Waals surface area (Å²) in [5.74, 6) is 3.06. The number of likely N-dealkylation sites (N-methyl/N-ethyl adjacent to an activating group) is 1. The molecule has 0 heterocycles. The number of methoxy groups -OCH3 is 1. The number of hydrogen-bond acceptors (Lipinski definition) is 5. The highest BCUT2D eigenvalue weighted by Crippen LogP contribution is 2.30. The van der Waals surface area contributed by atoms with E-state index in [1.807, 2.05) is 29.6 Å². The smallest absolute Gasteiger partial charge is 0.122 e. The molecule has 0 aliphatic rings. The summed E-state index contributed by atoms with van der Waals surface area (Å²) < 4.78 is 17.7. The van der Waals surface area contributed by atoms with Crippen molar-refractivity contribution >= 4 is 19.2 Å². The minimum atomic E-state index is 0.0705. The molecular formula is C24H36NO3PS. The molecule has 0 spiro atoms. The molecule has 0 radical (unpaired) electrons. The Balaban J connectivity index is 1.90. The lowest BCUT2D eigenvalue weighted by Crippen LogP contribution is -2.33. The predicted octanol–water partition coefficient (Wildman–Crippen LogP) is 5.50. The fourth-order valence-corrected chi connectivity index (χ4v) is 5.30. The molecule has 2 atom stereocenters. The summed E-state index contributed by atoms with van der Waals surface area (Å²) >= 11 is 1.98. The van der Waals surface area contributed by atoms with Gasteiger partial charge in [-0.1, -0.05) is 37.3 Å². The lowest BCUT2D eigenvalue weighted by molar-refractivity contribution is 0.0307. The van der Waals surface area contributed by atoms with Gasteiger partial charge in [-0.2, -0.15) is 0 Å². The van der Waals surface area contributed by atoms with Crippen LogP contribution in [0.15, 0.2) is 48.5 Å². The number of rotatable bonds is 15. The fraction of sp³-hybridized carbons (Fsp3) is 0.500. The van der Waals surface area contributed by atoms with Gasteiger partial charge < -0.3 is 19.1 Å². The molecule has 0 amide bonds. The molecule has 30 heavy (non-hydrogen) atoms. The summed E-state index contributed by atoms with van der Waals surface area (Å²) in [6, 6.07) is 16.6. The molecule has 0 aromatic heterocycles. The zero-order chi connectivity index (χ0) is 21.6. The van der Waals surface area contributed by atoms with Crippen LogP contribution in [0.5, 0.6) is 11.5 Å². The van der Waals surface area contributed by atoms with Crippen molar-refractivity contribution in [3.63, 3.8) is 0 Å². The molecule has 2 rings (SSSR count). The molecule has 6 heteroatoms. The van der Waals surface area contributed by atoms with Crippen LogP contribution in [0.3, 0.4) is 0 Å². The third kappa shape index (κ3) is 9.70. The molecule has 4 nitrogen and oxygen atoms in total. The zero-order valence-electron chi connectivity index (χ0n) is 18.7. The summed E-state index contributed by atoms with van der Waals surface area (Å²) in [5.41, 5.74) is 2.49. The van der Waals surface area contributed by atoms with Crippen LogP contribution in [-0.2, 0) is 17.6 Å². The average molecular weight is 450 g/mol. The zero-order valence-corrected chi connectivity index (χ0v) is 20.5. The highest BCUT2D eigenvalue weighted by Gasteiger charge is 2.13. The molecule has 0 bridgehead atoms. The van der Waals surface area contributed by atoms with E-state index in [-0.39, 0.29) is 6.10 Å². The lowest BCUT2D eigenvalue weighted by Gasteiger charge is -2.22. The van der Waals surface area contributed by atoms with Crippen LogP contribution in [0.2, 0.25) is 0 Å². The average Bonchev–Trinajstić information content (AvgIpc) is 2.76. The molecule has 2 aromatic carbocycles. The van der Waals surface area contributed by atoms with Crippen LogP contribution >= 0.6 is 19.2 Å². The lowest BCUT2D eigenvalue weighted by atomic mass is 10.0. The number of para-hydroxylation sites is 1. The van der Waals surface area contributed by atoms with Gasteiger partial charge in [0.15, 0.2) is 0 Å². The molecule has 0 aliphatic carbocycles. The quantitative estimate of drug-likeness (QED) is 0.265. The maximum Gasteiger partial charge on any atom is 0.122 e. The number of aryl methyl sites for hydroxylation is 2. The molecular weight excluding hydrogens is 413 g/mol. The molecule has 0 saturated carbocycles.